The van der Waals surface area contributed by atoms with Crippen LogP contribution in [0.2, 0.25) is 0 Å². The Kier molecular flexibility index (Phi) is 6.86. The van der Waals surface area contributed by atoms with E-state index in [-0.39, 0.29) is 23.8 Å². The average Bonchev–Trinajstić information content (AvgIpc) is 3.43. The molecule has 0 spiro atoms. The van der Waals surface area contributed by atoms with E-state index in [4.69, 9.17) is 4.74 Å². The normalized spacial score (nSPS) is 14.6. The molecule has 3 aromatic rings. The number of anilines is 1. The van der Waals surface area contributed by atoms with Crippen molar-refractivity contribution < 1.29 is 14.3 Å². The topological polar surface area (TPSA) is 84.4 Å². The Bertz CT molecular complexity index is 1080. The van der Waals surface area contributed by atoms with Crippen LogP contribution in [0.1, 0.15) is 63.3 Å². The average molecular weight is 471 g/mol. The summed E-state index contributed by atoms with van der Waals surface area (Å²) in [5, 5.41) is 6.13. The van der Waals surface area contributed by atoms with Gasteiger partial charge < -0.3 is 9.64 Å². The van der Waals surface area contributed by atoms with Crippen LogP contribution in [0.4, 0.5) is 5.13 Å². The fourth-order valence-corrected chi connectivity index (χ4v) is 5.24. The van der Waals surface area contributed by atoms with E-state index in [1.54, 1.807) is 11.6 Å². The molecule has 9 heteroatoms. The van der Waals surface area contributed by atoms with Crippen LogP contribution in [0.15, 0.2) is 35.8 Å². The smallest absolute Gasteiger partial charge is 0.276 e. The monoisotopic (exact) mass is 470 g/mol. The first-order chi connectivity index (χ1) is 15.4. The number of piperidine rings is 1. The zero-order chi connectivity index (χ0) is 22.7. The molecule has 0 bridgehead atoms. The number of nitrogens with zero attached hydrogens (tertiary/aromatic N) is 3. The van der Waals surface area contributed by atoms with Gasteiger partial charge in [-0.2, -0.15) is 0 Å². The number of hydrogen-bond acceptors (Lipinski definition) is 7. The molecule has 4 rings (SSSR count). The number of amides is 2. The van der Waals surface area contributed by atoms with Crippen LogP contribution in [0.5, 0.6) is 5.75 Å². The highest BCUT2D eigenvalue weighted by Gasteiger charge is 2.27. The SMILES string of the molecule is Cc1cnc(NC(=O)c2csc(C3CCN(C(=O)c4ccc(OC(C)C)cc4)CC3)n2)s1. The summed E-state index contributed by atoms with van der Waals surface area (Å²) in [6.45, 7) is 7.24. The summed E-state index contributed by atoms with van der Waals surface area (Å²) in [5.74, 6) is 0.829. The van der Waals surface area contributed by atoms with E-state index < -0.39 is 0 Å². The number of carbonyl (C=O) groups excluding carboxylic acids is 2. The van der Waals surface area contributed by atoms with Crippen molar-refractivity contribution in [2.75, 3.05) is 18.4 Å². The second-order valence-electron chi connectivity index (χ2n) is 8.06. The second-order valence-corrected chi connectivity index (χ2v) is 10.2. The first-order valence-electron chi connectivity index (χ1n) is 10.6. The predicted molar refractivity (Wildman–Crippen MR) is 127 cm³/mol. The number of rotatable bonds is 6. The second kappa shape index (κ2) is 9.79. The minimum atomic E-state index is -0.237. The maximum atomic E-state index is 12.9. The van der Waals surface area contributed by atoms with Crippen LogP contribution in [0.3, 0.4) is 0 Å². The van der Waals surface area contributed by atoms with Crippen LogP contribution in [-0.4, -0.2) is 45.9 Å². The van der Waals surface area contributed by atoms with E-state index in [1.807, 2.05) is 49.9 Å². The highest BCUT2D eigenvalue weighted by Crippen LogP contribution is 2.31. The highest BCUT2D eigenvalue weighted by atomic mass is 32.1. The number of nitrogens with one attached hydrogen (secondary N) is 1. The molecule has 3 heterocycles. The minimum Gasteiger partial charge on any atom is -0.491 e. The van der Waals surface area contributed by atoms with Gasteiger partial charge in [-0.3, -0.25) is 14.9 Å². The molecule has 0 unspecified atom stereocenters. The Morgan fingerprint density at radius 1 is 1.19 bits per heavy atom. The lowest BCUT2D eigenvalue weighted by Crippen LogP contribution is -2.37. The first-order valence-corrected chi connectivity index (χ1v) is 12.3. The Hall–Kier alpha value is -2.78. The molecule has 1 fully saturated rings. The molecule has 1 saturated heterocycles. The molecule has 0 radical (unpaired) electrons. The summed E-state index contributed by atoms with van der Waals surface area (Å²) in [6, 6.07) is 7.33. The van der Waals surface area contributed by atoms with E-state index in [0.29, 0.717) is 29.5 Å². The van der Waals surface area contributed by atoms with Gasteiger partial charge in [0.05, 0.1) is 11.1 Å². The largest absolute Gasteiger partial charge is 0.491 e. The van der Waals surface area contributed by atoms with E-state index >= 15 is 0 Å². The van der Waals surface area contributed by atoms with Crippen LogP contribution in [0.25, 0.3) is 0 Å². The summed E-state index contributed by atoms with van der Waals surface area (Å²) in [4.78, 5) is 37.0. The Labute approximate surface area is 195 Å². The standard InChI is InChI=1S/C23H26N4O3S2/c1-14(2)30-18-6-4-17(5-7-18)22(29)27-10-8-16(9-11-27)21-25-19(13-31-21)20(28)26-23-24-12-15(3)32-23/h4-7,12-14,16H,8-11H2,1-3H3,(H,24,26,28). The molecule has 1 aromatic carbocycles. The number of likely N-dealkylation sites (tertiary alicyclic amines) is 1. The van der Waals surface area contributed by atoms with Crippen molar-refractivity contribution in [1.82, 2.24) is 14.9 Å². The molecule has 1 aliphatic heterocycles. The molecule has 1 N–H and O–H groups in total. The van der Waals surface area contributed by atoms with Gasteiger partial charge in [0, 0.05) is 41.0 Å². The van der Waals surface area contributed by atoms with E-state index in [9.17, 15) is 9.59 Å². The molecular formula is C23H26N4O3S2. The summed E-state index contributed by atoms with van der Waals surface area (Å²) in [5.41, 5.74) is 1.09. The summed E-state index contributed by atoms with van der Waals surface area (Å²) >= 11 is 2.94. The summed E-state index contributed by atoms with van der Waals surface area (Å²) in [6.07, 6.45) is 3.50. The van der Waals surface area contributed by atoms with Crippen LogP contribution in [-0.2, 0) is 0 Å². The molecule has 168 valence electrons. The molecule has 0 aliphatic carbocycles. The Morgan fingerprint density at radius 3 is 2.53 bits per heavy atom. The third-order valence-corrected chi connectivity index (χ3v) is 7.04. The third-order valence-electron chi connectivity index (χ3n) is 5.20. The van der Waals surface area contributed by atoms with E-state index in [2.05, 4.69) is 15.3 Å². The number of benzene rings is 1. The van der Waals surface area contributed by atoms with Gasteiger partial charge in [-0.1, -0.05) is 0 Å². The number of ether oxygens (including phenoxy) is 1. The van der Waals surface area contributed by atoms with Gasteiger partial charge in [0.15, 0.2) is 5.13 Å². The lowest BCUT2D eigenvalue weighted by Gasteiger charge is -2.31. The van der Waals surface area contributed by atoms with Crippen molar-refractivity contribution in [3.63, 3.8) is 0 Å². The number of thiazole rings is 2. The van der Waals surface area contributed by atoms with Crippen LogP contribution in [0, 0.1) is 6.92 Å². The maximum absolute atomic E-state index is 12.9. The van der Waals surface area contributed by atoms with E-state index in [0.717, 1.165) is 28.5 Å². The van der Waals surface area contributed by atoms with Gasteiger partial charge in [-0.15, -0.1) is 22.7 Å². The molecule has 0 saturated carbocycles. The zero-order valence-electron chi connectivity index (χ0n) is 18.3. The van der Waals surface area contributed by atoms with Crippen LogP contribution < -0.4 is 10.1 Å². The van der Waals surface area contributed by atoms with Crippen LogP contribution >= 0.6 is 22.7 Å². The number of carbonyl (C=O) groups is 2. The Balaban J connectivity index is 1.31. The minimum absolute atomic E-state index is 0.0393. The predicted octanol–water partition coefficient (Wildman–Crippen LogP) is 4.97. The van der Waals surface area contributed by atoms with E-state index in [1.165, 1.54) is 22.7 Å². The fourth-order valence-electron chi connectivity index (χ4n) is 3.61. The van der Waals surface area contributed by atoms with Crippen molar-refractivity contribution in [3.8, 4) is 5.75 Å². The number of hydrogen-bond donors (Lipinski definition) is 1. The van der Waals surface area contributed by atoms with Gasteiger partial charge in [0.25, 0.3) is 11.8 Å². The molecule has 2 aromatic heterocycles. The molecule has 32 heavy (non-hydrogen) atoms. The molecule has 1 aliphatic rings. The molecular weight excluding hydrogens is 444 g/mol. The molecule has 2 amide bonds. The highest BCUT2D eigenvalue weighted by molar-refractivity contribution is 7.15. The maximum Gasteiger partial charge on any atom is 0.276 e. The number of aryl methyl sites for hydroxylation is 1. The van der Waals surface area contributed by atoms with Gasteiger partial charge in [0.2, 0.25) is 0 Å². The summed E-state index contributed by atoms with van der Waals surface area (Å²) < 4.78 is 5.65. The Morgan fingerprint density at radius 2 is 1.91 bits per heavy atom. The lowest BCUT2D eigenvalue weighted by atomic mass is 9.97. The lowest BCUT2D eigenvalue weighted by molar-refractivity contribution is 0.0713. The fraction of sp³-hybridized carbons (Fsp3) is 0.391. The van der Waals surface area contributed by atoms with Gasteiger partial charge in [-0.25, -0.2) is 9.97 Å². The van der Waals surface area contributed by atoms with Gasteiger partial charge >= 0.3 is 0 Å². The van der Waals surface area contributed by atoms with Gasteiger partial charge in [-0.05, 0) is 57.9 Å². The number of aromatic nitrogens is 2. The van der Waals surface area contributed by atoms with Crippen molar-refractivity contribution in [3.05, 3.63) is 57.0 Å². The van der Waals surface area contributed by atoms with Crippen molar-refractivity contribution in [1.29, 1.82) is 0 Å². The molecule has 7 nitrogen and oxygen atoms in total. The quantitative estimate of drug-likeness (QED) is 0.550. The zero-order valence-corrected chi connectivity index (χ0v) is 20.0. The third kappa shape index (κ3) is 5.34. The van der Waals surface area contributed by atoms with Crippen molar-refractivity contribution >= 4 is 39.6 Å². The van der Waals surface area contributed by atoms with Crippen molar-refractivity contribution in [2.45, 2.75) is 45.6 Å². The van der Waals surface area contributed by atoms with Gasteiger partial charge in [0.1, 0.15) is 11.4 Å². The first kappa shape index (κ1) is 22.4. The van der Waals surface area contributed by atoms with Crippen molar-refractivity contribution in [2.24, 2.45) is 0 Å². The molecule has 0 atom stereocenters. The summed E-state index contributed by atoms with van der Waals surface area (Å²) in [7, 11) is 0.